The average molecular weight is 739 g/mol. The number of ketones is 1. The Morgan fingerprint density at radius 2 is 1.61 bits per heavy atom. The van der Waals surface area contributed by atoms with Crippen molar-refractivity contribution in [3.8, 4) is 11.5 Å². The second kappa shape index (κ2) is 13.0. The van der Waals surface area contributed by atoms with Gasteiger partial charge in [0, 0.05) is 0 Å². The number of aryl methyl sites for hydroxylation is 1. The first-order valence-electron chi connectivity index (χ1n) is 13.6. The van der Waals surface area contributed by atoms with Gasteiger partial charge >= 0.3 is 256 Å². The Balaban J connectivity index is 1.21. The van der Waals surface area contributed by atoms with Crippen LogP contribution in [0.5, 0.6) is 11.5 Å². The molecule has 0 N–H and O–H groups in total. The summed E-state index contributed by atoms with van der Waals surface area (Å²) in [4.78, 5) is 15.3. The summed E-state index contributed by atoms with van der Waals surface area (Å²) < 4.78 is 35.4. The molecule has 1 saturated carbocycles. The molecule has 11 heteroatoms. The van der Waals surface area contributed by atoms with E-state index in [2.05, 4.69) is 21.6 Å². The summed E-state index contributed by atoms with van der Waals surface area (Å²) in [7, 11) is 3.99. The summed E-state index contributed by atoms with van der Waals surface area (Å²) in [6.07, 6.45) is 2.70. The quantitative estimate of drug-likeness (QED) is 0.209. The first kappa shape index (κ1) is 28.9. The monoisotopic (exact) mass is 742 g/mol. The van der Waals surface area contributed by atoms with E-state index in [4.69, 9.17) is 23.7 Å². The fourth-order valence-corrected chi connectivity index (χ4v) is 10.5. The van der Waals surface area contributed by atoms with Gasteiger partial charge in [0.1, 0.15) is 0 Å². The predicted octanol–water partition coefficient (Wildman–Crippen LogP) is 0.174. The fourth-order valence-electron chi connectivity index (χ4n) is 4.93. The van der Waals surface area contributed by atoms with Gasteiger partial charge in [-0.2, -0.15) is 0 Å². The van der Waals surface area contributed by atoms with Gasteiger partial charge in [0.2, 0.25) is 0 Å². The maximum absolute atomic E-state index is 13.2. The Morgan fingerprint density at radius 1 is 0.976 bits per heavy atom. The first-order valence-corrected chi connectivity index (χ1v) is 17.6. The molecule has 9 nitrogen and oxygen atoms in total. The number of anilines is 1. The third-order valence-electron chi connectivity index (χ3n) is 7.24. The number of hydrogen-bond acceptors (Lipinski definition) is 8. The van der Waals surface area contributed by atoms with Gasteiger partial charge in [-0.15, -0.1) is 0 Å². The molecule has 0 bridgehead atoms. The number of fused-ring (bicyclic) bond motifs is 3. The van der Waals surface area contributed by atoms with Gasteiger partial charge in [0.25, 0.3) is 0 Å². The molecule has 3 aliphatic rings. The topological polar surface area (TPSA) is 93.4 Å². The van der Waals surface area contributed by atoms with Crippen LogP contribution < -0.4 is 28.5 Å². The van der Waals surface area contributed by atoms with E-state index < -0.39 is 32.5 Å². The van der Waals surface area contributed by atoms with E-state index in [1.165, 1.54) is 7.86 Å². The van der Waals surface area contributed by atoms with Crippen LogP contribution in [0.2, 0.25) is 0 Å². The molecule has 3 aromatic rings. The summed E-state index contributed by atoms with van der Waals surface area (Å²) in [5, 5.41) is 13.2. The Hall–Kier alpha value is -2.19. The molecule has 2 aromatic carbocycles. The first-order chi connectivity index (χ1) is 20.0. The number of para-hydroxylation sites is 1. The molecule has 216 valence electrons. The number of Topliss-reactive ketones (excluding diaryl/α,β-unsaturated/α-hetero) is 1. The van der Waals surface area contributed by atoms with Crippen molar-refractivity contribution in [2.24, 2.45) is 13.0 Å². The van der Waals surface area contributed by atoms with E-state index >= 15 is 0 Å². The maximum atomic E-state index is 13.2. The molecular weight excluding hydrogens is 707 g/mol. The van der Waals surface area contributed by atoms with Crippen LogP contribution in [0.15, 0.2) is 52.6 Å². The van der Waals surface area contributed by atoms with Crippen LogP contribution in [0.4, 0.5) is 5.69 Å². The summed E-state index contributed by atoms with van der Waals surface area (Å²) in [6, 6.07) is 12.3. The minimum atomic E-state index is -1.05. The molecule has 2 unspecified atom stereocenters. The van der Waals surface area contributed by atoms with Crippen molar-refractivity contribution < 1.29 is 38.2 Å². The summed E-state index contributed by atoms with van der Waals surface area (Å²) >= 11 is -0.737. The van der Waals surface area contributed by atoms with Crippen LogP contribution >= 0.6 is 0 Å². The molecule has 2 atom stereocenters. The standard InChI is InChI=1S/C30H32N2O7SeTe/c1-31-21-5-3-4-6-25(21)40-27(31)15-19-29(33)20(30(19)34)16-28-32(2)22-17-23-24(18-26(22)41-28)39-14-12-37-10-8-35-7-9-36-11-13-38-23/h3-6,15-19,29H,7-14H2,1-2H3/b20-16-,27-15-. The fraction of sp³-hybridized carbons (Fsp3) is 0.400. The van der Waals surface area contributed by atoms with Gasteiger partial charge in [0.05, 0.1) is 0 Å². The number of hydrogen-bond donors (Lipinski definition) is 0. The van der Waals surface area contributed by atoms with Gasteiger partial charge in [-0.1, -0.05) is 0 Å². The second-order valence-corrected chi connectivity index (χ2v) is 15.1. The van der Waals surface area contributed by atoms with Crippen molar-refractivity contribution in [1.82, 2.24) is 0 Å². The number of rotatable bonds is 2. The van der Waals surface area contributed by atoms with E-state index in [0.717, 1.165) is 19.5 Å². The van der Waals surface area contributed by atoms with Crippen LogP contribution in [0.25, 0.3) is 15.0 Å². The van der Waals surface area contributed by atoms with E-state index in [9.17, 15) is 9.90 Å². The van der Waals surface area contributed by atoms with Crippen LogP contribution in [0.3, 0.4) is 0 Å². The number of aromatic nitrogens is 1. The molecule has 41 heavy (non-hydrogen) atoms. The molecule has 1 aromatic heterocycles. The zero-order valence-corrected chi connectivity index (χ0v) is 27.0. The molecule has 0 saturated heterocycles. The molecule has 0 amide bonds. The van der Waals surface area contributed by atoms with Crippen molar-refractivity contribution in [3.63, 3.8) is 0 Å². The van der Waals surface area contributed by atoms with Gasteiger partial charge in [0.15, 0.2) is 0 Å². The van der Waals surface area contributed by atoms with Crippen molar-refractivity contribution in [2.75, 3.05) is 64.8 Å². The molecule has 1 fully saturated rings. The Labute approximate surface area is 255 Å². The summed E-state index contributed by atoms with van der Waals surface area (Å²) in [6.45, 7) is 3.72. The van der Waals surface area contributed by atoms with E-state index in [-0.39, 0.29) is 20.7 Å². The Morgan fingerprint density at radius 3 is 2.27 bits per heavy atom. The van der Waals surface area contributed by atoms with Gasteiger partial charge in [-0.3, -0.25) is 0 Å². The van der Waals surface area contributed by atoms with Crippen LogP contribution in [0.1, 0.15) is 3.71 Å². The van der Waals surface area contributed by atoms with E-state index in [1.54, 1.807) is 0 Å². The van der Waals surface area contributed by atoms with Crippen LogP contribution in [0, 0.1) is 5.92 Å². The van der Waals surface area contributed by atoms with E-state index in [0.29, 0.717) is 69.9 Å². The molecule has 6 rings (SSSR count). The Bertz CT molecular complexity index is 1500. The van der Waals surface area contributed by atoms with Gasteiger partial charge in [-0.05, 0) is 0 Å². The SMILES string of the molecule is CN1/C(=C/C2C(=O)/C(=C\c3[te]c4cc5c(cc4[n+]3C)OCCOCCOCCOCCO5)C2[O-])[Se]c2ccccc21. The van der Waals surface area contributed by atoms with Crippen LogP contribution in [-0.2, 0) is 26.1 Å². The molecule has 3 heterocycles. The summed E-state index contributed by atoms with van der Waals surface area (Å²) in [5.41, 5.74) is 2.56. The van der Waals surface area contributed by atoms with Crippen LogP contribution in [-0.4, -0.2) is 107 Å². The number of nitrogens with zero attached hydrogens (tertiary/aromatic N) is 2. The molecule has 0 radical (unpaired) electrons. The number of benzene rings is 2. The molecule has 0 spiro atoms. The van der Waals surface area contributed by atoms with E-state index in [1.807, 2.05) is 50.5 Å². The van der Waals surface area contributed by atoms with Crippen molar-refractivity contribution in [3.05, 3.63) is 56.4 Å². The zero-order valence-electron chi connectivity index (χ0n) is 23.0. The second-order valence-electron chi connectivity index (χ2n) is 9.84. The van der Waals surface area contributed by atoms with Crippen molar-refractivity contribution in [1.29, 1.82) is 0 Å². The van der Waals surface area contributed by atoms with Gasteiger partial charge in [-0.25, -0.2) is 0 Å². The number of ether oxygens (including phenoxy) is 5. The summed E-state index contributed by atoms with van der Waals surface area (Å²) in [5.74, 6) is 0.640. The third kappa shape index (κ3) is 6.15. The Kier molecular flexibility index (Phi) is 9.16. The molecule has 1 aliphatic carbocycles. The van der Waals surface area contributed by atoms with Crippen molar-refractivity contribution >= 4 is 66.3 Å². The van der Waals surface area contributed by atoms with Crippen molar-refractivity contribution in [2.45, 2.75) is 6.10 Å². The third-order valence-corrected chi connectivity index (χ3v) is 13.0. The normalized spacial score (nSPS) is 24.3. The van der Waals surface area contributed by atoms with Gasteiger partial charge < -0.3 is 0 Å². The minimum absolute atomic E-state index is 0.0615. The number of carbonyl (C=O) groups excluding carboxylic acids is 1. The molecular formula is C30H32N2O7SeTe. The average Bonchev–Trinajstić information content (AvgIpc) is 3.46. The zero-order chi connectivity index (χ0) is 28.3. The number of carbonyl (C=O) groups is 1. The molecule has 2 aliphatic heterocycles. The predicted molar refractivity (Wildman–Crippen MR) is 154 cm³/mol.